The molecule has 0 saturated carbocycles. The minimum absolute atomic E-state index is 0.0483. The van der Waals surface area contributed by atoms with E-state index in [0.29, 0.717) is 29.1 Å². The van der Waals surface area contributed by atoms with Crippen LogP contribution >= 0.6 is 0 Å². The number of nitrogens with zero attached hydrogens (tertiary/aromatic N) is 2. The molecule has 1 aromatic heterocycles. The Morgan fingerprint density at radius 1 is 1.21 bits per heavy atom. The first-order valence-electron chi connectivity index (χ1n) is 5.66. The number of nitrogens with two attached hydrogens (primary N) is 2. The number of rotatable bonds is 3. The molecule has 0 saturated heterocycles. The molecule has 2 rings (SSSR count). The predicted molar refractivity (Wildman–Crippen MR) is 72.6 cm³/mol. The van der Waals surface area contributed by atoms with E-state index in [-0.39, 0.29) is 4.90 Å². The van der Waals surface area contributed by atoms with Gasteiger partial charge in [-0.25, -0.2) is 23.5 Å². The summed E-state index contributed by atoms with van der Waals surface area (Å²) in [6.45, 7) is 1.82. The van der Waals surface area contributed by atoms with Gasteiger partial charge in [0, 0.05) is 23.6 Å². The standard InChI is InChI=1S/C12H14N4O2S/c1-2-8-10(19(14,17)18)5-4-9(11(8)13)12-15-6-3-7-16-12/h3-7H,2,13H2,1H3,(H2,14,17,18). The highest BCUT2D eigenvalue weighted by atomic mass is 32.2. The molecule has 0 atom stereocenters. The normalized spacial score (nSPS) is 11.5. The number of nitrogen functional groups attached to an aromatic ring is 1. The van der Waals surface area contributed by atoms with Crippen LogP contribution in [0.25, 0.3) is 11.4 Å². The van der Waals surface area contributed by atoms with Crippen LogP contribution in [0.4, 0.5) is 5.69 Å². The van der Waals surface area contributed by atoms with E-state index in [1.54, 1.807) is 24.5 Å². The first kappa shape index (κ1) is 13.4. The Balaban J connectivity index is 2.69. The number of hydrogen-bond acceptors (Lipinski definition) is 5. The molecule has 1 aromatic carbocycles. The molecule has 0 spiro atoms. The average molecular weight is 278 g/mol. The number of aromatic nitrogens is 2. The SMILES string of the molecule is CCc1c(S(N)(=O)=O)ccc(-c2ncccn2)c1N. The van der Waals surface area contributed by atoms with E-state index in [1.165, 1.54) is 6.07 Å². The molecule has 19 heavy (non-hydrogen) atoms. The second-order valence-corrected chi connectivity index (χ2v) is 5.50. The summed E-state index contributed by atoms with van der Waals surface area (Å²) in [4.78, 5) is 8.26. The molecule has 1 heterocycles. The van der Waals surface area contributed by atoms with Crippen LogP contribution in [0.1, 0.15) is 12.5 Å². The van der Waals surface area contributed by atoms with Crippen LogP contribution in [-0.2, 0) is 16.4 Å². The van der Waals surface area contributed by atoms with Crippen molar-refractivity contribution in [1.29, 1.82) is 0 Å². The van der Waals surface area contributed by atoms with Gasteiger partial charge in [0.25, 0.3) is 0 Å². The zero-order chi connectivity index (χ0) is 14.0. The fraction of sp³-hybridized carbons (Fsp3) is 0.167. The van der Waals surface area contributed by atoms with E-state index in [4.69, 9.17) is 10.9 Å². The summed E-state index contributed by atoms with van der Waals surface area (Å²) >= 11 is 0. The van der Waals surface area contributed by atoms with Crippen molar-refractivity contribution in [2.45, 2.75) is 18.2 Å². The van der Waals surface area contributed by atoms with E-state index < -0.39 is 10.0 Å². The smallest absolute Gasteiger partial charge is 0.238 e. The molecule has 0 aliphatic heterocycles. The quantitative estimate of drug-likeness (QED) is 0.811. The lowest BCUT2D eigenvalue weighted by atomic mass is 10.0. The van der Waals surface area contributed by atoms with Gasteiger partial charge in [0.05, 0.1) is 4.90 Å². The van der Waals surface area contributed by atoms with Gasteiger partial charge in [0.2, 0.25) is 10.0 Å². The third kappa shape index (κ3) is 2.56. The number of benzene rings is 1. The van der Waals surface area contributed by atoms with Crippen molar-refractivity contribution in [2.75, 3.05) is 5.73 Å². The third-order valence-electron chi connectivity index (χ3n) is 2.78. The molecular formula is C12H14N4O2S. The monoisotopic (exact) mass is 278 g/mol. The lowest BCUT2D eigenvalue weighted by Crippen LogP contribution is -2.16. The molecule has 0 aliphatic carbocycles. The summed E-state index contributed by atoms with van der Waals surface area (Å²) in [5, 5.41) is 5.18. The fourth-order valence-corrected chi connectivity index (χ4v) is 2.76. The van der Waals surface area contributed by atoms with Crippen LogP contribution in [0.3, 0.4) is 0 Å². The largest absolute Gasteiger partial charge is 0.398 e. The highest BCUT2D eigenvalue weighted by Crippen LogP contribution is 2.30. The van der Waals surface area contributed by atoms with Crippen molar-refractivity contribution in [3.8, 4) is 11.4 Å². The third-order valence-corrected chi connectivity index (χ3v) is 3.78. The van der Waals surface area contributed by atoms with E-state index in [0.717, 1.165) is 0 Å². The second kappa shape index (κ2) is 4.94. The van der Waals surface area contributed by atoms with E-state index in [1.807, 2.05) is 6.92 Å². The van der Waals surface area contributed by atoms with Gasteiger partial charge in [-0.05, 0) is 30.2 Å². The van der Waals surface area contributed by atoms with Gasteiger partial charge in [0.1, 0.15) is 0 Å². The van der Waals surface area contributed by atoms with Gasteiger partial charge in [-0.2, -0.15) is 0 Å². The Morgan fingerprint density at radius 2 is 1.84 bits per heavy atom. The molecule has 7 heteroatoms. The van der Waals surface area contributed by atoms with Crippen LogP contribution < -0.4 is 10.9 Å². The summed E-state index contributed by atoms with van der Waals surface area (Å²) < 4.78 is 23.0. The summed E-state index contributed by atoms with van der Waals surface area (Å²) in [6, 6.07) is 4.71. The van der Waals surface area contributed by atoms with Crippen molar-refractivity contribution in [3.63, 3.8) is 0 Å². The number of anilines is 1. The van der Waals surface area contributed by atoms with Crippen molar-refractivity contribution >= 4 is 15.7 Å². The van der Waals surface area contributed by atoms with E-state index >= 15 is 0 Å². The van der Waals surface area contributed by atoms with Crippen LogP contribution in [0.15, 0.2) is 35.5 Å². The first-order valence-corrected chi connectivity index (χ1v) is 7.21. The molecule has 0 bridgehead atoms. The summed E-state index contributed by atoms with van der Waals surface area (Å²) in [6.07, 6.45) is 3.65. The molecule has 0 unspecified atom stereocenters. The number of sulfonamides is 1. The Bertz CT molecular complexity index is 699. The van der Waals surface area contributed by atoms with Crippen molar-refractivity contribution < 1.29 is 8.42 Å². The Labute approximate surface area is 111 Å². The predicted octanol–water partition coefficient (Wildman–Crippen LogP) is 0.936. The second-order valence-electron chi connectivity index (χ2n) is 3.97. The molecule has 0 amide bonds. The van der Waals surface area contributed by atoms with Crippen LogP contribution in [-0.4, -0.2) is 18.4 Å². The van der Waals surface area contributed by atoms with E-state index in [9.17, 15) is 8.42 Å². The zero-order valence-corrected chi connectivity index (χ0v) is 11.2. The first-order chi connectivity index (χ1) is 8.95. The molecular weight excluding hydrogens is 264 g/mol. The van der Waals surface area contributed by atoms with Gasteiger partial charge < -0.3 is 5.73 Å². The Kier molecular flexibility index (Phi) is 3.50. The summed E-state index contributed by atoms with van der Waals surface area (Å²) in [7, 11) is -3.79. The van der Waals surface area contributed by atoms with Gasteiger partial charge in [-0.15, -0.1) is 0 Å². The molecule has 6 nitrogen and oxygen atoms in total. The number of hydrogen-bond donors (Lipinski definition) is 2. The van der Waals surface area contributed by atoms with Gasteiger partial charge in [-0.3, -0.25) is 0 Å². The summed E-state index contributed by atoms with van der Waals surface area (Å²) in [5.41, 5.74) is 7.47. The average Bonchev–Trinajstić information content (AvgIpc) is 2.38. The highest BCUT2D eigenvalue weighted by Gasteiger charge is 2.18. The fourth-order valence-electron chi connectivity index (χ4n) is 1.91. The molecule has 0 aliphatic rings. The molecule has 2 aromatic rings. The maximum Gasteiger partial charge on any atom is 0.238 e. The van der Waals surface area contributed by atoms with E-state index in [2.05, 4.69) is 9.97 Å². The van der Waals surface area contributed by atoms with Gasteiger partial charge in [0.15, 0.2) is 5.82 Å². The molecule has 4 N–H and O–H groups in total. The minimum Gasteiger partial charge on any atom is -0.398 e. The maximum atomic E-state index is 11.5. The number of primary sulfonamides is 1. The van der Waals surface area contributed by atoms with Crippen LogP contribution in [0.5, 0.6) is 0 Å². The molecule has 0 radical (unpaired) electrons. The van der Waals surface area contributed by atoms with Gasteiger partial charge >= 0.3 is 0 Å². The maximum absolute atomic E-state index is 11.5. The molecule has 0 fully saturated rings. The van der Waals surface area contributed by atoms with Gasteiger partial charge in [-0.1, -0.05) is 6.92 Å². The van der Waals surface area contributed by atoms with Crippen LogP contribution in [0.2, 0.25) is 0 Å². The van der Waals surface area contributed by atoms with Crippen LogP contribution in [0, 0.1) is 0 Å². The highest BCUT2D eigenvalue weighted by molar-refractivity contribution is 7.89. The lowest BCUT2D eigenvalue weighted by molar-refractivity contribution is 0.597. The Morgan fingerprint density at radius 3 is 2.37 bits per heavy atom. The summed E-state index contributed by atoms with van der Waals surface area (Å²) in [5.74, 6) is 0.454. The van der Waals surface area contributed by atoms with Crippen molar-refractivity contribution in [2.24, 2.45) is 5.14 Å². The van der Waals surface area contributed by atoms with Crippen molar-refractivity contribution in [1.82, 2.24) is 9.97 Å². The zero-order valence-electron chi connectivity index (χ0n) is 10.4. The topological polar surface area (TPSA) is 112 Å². The van der Waals surface area contributed by atoms with Crippen molar-refractivity contribution in [3.05, 3.63) is 36.2 Å². The molecule has 100 valence electrons. The Hall–Kier alpha value is -1.99. The lowest BCUT2D eigenvalue weighted by Gasteiger charge is -2.12. The minimum atomic E-state index is -3.79.